The minimum absolute atomic E-state index is 0.140. The van der Waals surface area contributed by atoms with Crippen molar-refractivity contribution in [1.82, 2.24) is 24.6 Å². The summed E-state index contributed by atoms with van der Waals surface area (Å²) in [6.07, 6.45) is 4.83. The van der Waals surface area contributed by atoms with Gasteiger partial charge in [-0.25, -0.2) is 4.98 Å². The second-order valence-corrected chi connectivity index (χ2v) is 9.28. The molecule has 0 aliphatic carbocycles. The van der Waals surface area contributed by atoms with E-state index in [1.807, 2.05) is 24.3 Å². The third-order valence-corrected chi connectivity index (χ3v) is 6.32. The van der Waals surface area contributed by atoms with Crippen LogP contribution in [0.2, 0.25) is 5.02 Å². The Labute approximate surface area is 220 Å². The Morgan fingerprint density at radius 2 is 1.62 bits per heavy atom. The van der Waals surface area contributed by atoms with E-state index in [0.717, 1.165) is 36.1 Å². The van der Waals surface area contributed by atoms with Crippen LogP contribution in [0.5, 0.6) is 0 Å². The first-order valence-electron chi connectivity index (χ1n) is 12.4. The van der Waals surface area contributed by atoms with Crippen molar-refractivity contribution in [1.29, 1.82) is 0 Å². The number of carbonyl (C=O) groups is 2. The summed E-state index contributed by atoms with van der Waals surface area (Å²) in [7, 11) is 0. The van der Waals surface area contributed by atoms with E-state index in [4.69, 9.17) is 16.6 Å². The first-order chi connectivity index (χ1) is 17.9. The number of amides is 2. The molecule has 2 aromatic carbocycles. The van der Waals surface area contributed by atoms with Crippen LogP contribution in [0.4, 0.5) is 0 Å². The van der Waals surface area contributed by atoms with Crippen molar-refractivity contribution in [2.75, 3.05) is 13.1 Å². The van der Waals surface area contributed by atoms with Crippen LogP contribution in [-0.2, 0) is 11.3 Å². The lowest BCUT2D eigenvalue weighted by molar-refractivity contribution is -0.118. The summed E-state index contributed by atoms with van der Waals surface area (Å²) < 4.78 is 3.65. The maximum Gasteiger partial charge on any atom is 0.259 e. The molecule has 4 rings (SSSR count). The van der Waals surface area contributed by atoms with Gasteiger partial charge in [-0.15, -0.1) is 0 Å². The van der Waals surface area contributed by atoms with Crippen LogP contribution >= 0.6 is 11.6 Å². The predicted octanol–water partition coefficient (Wildman–Crippen LogP) is 4.54. The molecule has 0 saturated carbocycles. The maximum atomic E-state index is 13.1. The molecular weight excluding hydrogens is 490 g/mol. The van der Waals surface area contributed by atoms with Crippen molar-refractivity contribution in [3.63, 3.8) is 0 Å². The van der Waals surface area contributed by atoms with Crippen molar-refractivity contribution in [3.8, 4) is 22.5 Å². The number of fused-ring (bicyclic) bond motifs is 1. The average Bonchev–Trinajstić information content (AvgIpc) is 3.34. The Morgan fingerprint density at radius 3 is 2.30 bits per heavy atom. The molecule has 2 heterocycles. The van der Waals surface area contributed by atoms with Crippen LogP contribution in [0.15, 0.2) is 65.6 Å². The molecule has 0 unspecified atom stereocenters. The van der Waals surface area contributed by atoms with E-state index in [-0.39, 0.29) is 17.4 Å². The zero-order chi connectivity index (χ0) is 26.4. The fraction of sp³-hybridized carbons (Fsp3) is 0.286. The Kier molecular flexibility index (Phi) is 8.40. The van der Waals surface area contributed by atoms with Gasteiger partial charge in [-0.05, 0) is 36.2 Å². The Hall–Kier alpha value is -3.91. The SMILES string of the molecule is CCCCCn1c(-c2ccc(C(=O)NCCNC(C)=O)cc2)cc(=O)n2cc(-c3ccc(Cl)cc3)nc12. The van der Waals surface area contributed by atoms with Gasteiger partial charge in [-0.3, -0.25) is 18.8 Å². The van der Waals surface area contributed by atoms with Gasteiger partial charge < -0.3 is 15.2 Å². The van der Waals surface area contributed by atoms with Crippen LogP contribution in [0, 0.1) is 0 Å². The molecule has 0 aliphatic heterocycles. The average molecular weight is 520 g/mol. The number of rotatable bonds is 10. The molecule has 0 radical (unpaired) electrons. The molecule has 0 saturated heterocycles. The molecule has 4 aromatic rings. The number of aromatic nitrogens is 3. The standard InChI is InChI=1S/C28H30ClN5O3/c1-3-4-5-16-33-25(21-6-8-22(9-7-21)27(37)31-15-14-30-19(2)35)17-26(36)34-18-24(32-28(33)34)20-10-12-23(29)13-11-20/h6-13,17-18H,3-5,14-16H2,1-2H3,(H,30,35)(H,31,37). The summed E-state index contributed by atoms with van der Waals surface area (Å²) in [5, 5.41) is 6.07. The number of unbranched alkanes of at least 4 members (excludes halogenated alkanes) is 2. The molecule has 2 N–H and O–H groups in total. The van der Waals surface area contributed by atoms with E-state index in [1.54, 1.807) is 40.9 Å². The number of aryl methyl sites for hydroxylation is 1. The van der Waals surface area contributed by atoms with E-state index in [2.05, 4.69) is 22.1 Å². The summed E-state index contributed by atoms with van der Waals surface area (Å²) >= 11 is 6.04. The lowest BCUT2D eigenvalue weighted by Gasteiger charge is -2.15. The maximum absolute atomic E-state index is 13.1. The highest BCUT2D eigenvalue weighted by Crippen LogP contribution is 2.25. The molecule has 2 amide bonds. The second kappa shape index (κ2) is 11.9. The highest BCUT2D eigenvalue weighted by atomic mass is 35.5. The van der Waals surface area contributed by atoms with E-state index in [0.29, 0.717) is 41.7 Å². The van der Waals surface area contributed by atoms with Gasteiger partial charge in [0.15, 0.2) is 0 Å². The Bertz CT molecular complexity index is 1460. The number of nitrogens with one attached hydrogen (secondary N) is 2. The van der Waals surface area contributed by atoms with Crippen LogP contribution in [-0.4, -0.2) is 38.9 Å². The van der Waals surface area contributed by atoms with Crippen molar-refractivity contribution in [2.24, 2.45) is 0 Å². The number of halogens is 1. The zero-order valence-electron chi connectivity index (χ0n) is 21.0. The van der Waals surface area contributed by atoms with Crippen molar-refractivity contribution < 1.29 is 9.59 Å². The molecule has 0 spiro atoms. The fourth-order valence-electron chi connectivity index (χ4n) is 4.14. The second-order valence-electron chi connectivity index (χ2n) is 8.85. The van der Waals surface area contributed by atoms with Gasteiger partial charge >= 0.3 is 0 Å². The number of benzene rings is 2. The van der Waals surface area contributed by atoms with Gasteiger partial charge in [0, 0.05) is 55.0 Å². The van der Waals surface area contributed by atoms with Crippen LogP contribution in [0.1, 0.15) is 43.5 Å². The van der Waals surface area contributed by atoms with Crippen molar-refractivity contribution in [3.05, 3.63) is 81.7 Å². The van der Waals surface area contributed by atoms with E-state index >= 15 is 0 Å². The number of hydrogen-bond acceptors (Lipinski definition) is 4. The van der Waals surface area contributed by atoms with Gasteiger partial charge in [-0.1, -0.05) is 55.6 Å². The molecule has 0 atom stereocenters. The normalized spacial score (nSPS) is 11.0. The van der Waals surface area contributed by atoms with E-state index in [9.17, 15) is 14.4 Å². The third kappa shape index (κ3) is 6.27. The fourth-order valence-corrected chi connectivity index (χ4v) is 4.27. The molecule has 2 aromatic heterocycles. The molecule has 0 fully saturated rings. The lowest BCUT2D eigenvalue weighted by Crippen LogP contribution is -2.33. The molecule has 192 valence electrons. The molecule has 9 heteroatoms. The highest BCUT2D eigenvalue weighted by Gasteiger charge is 2.15. The molecule has 0 bridgehead atoms. The topological polar surface area (TPSA) is 97.5 Å². The predicted molar refractivity (Wildman–Crippen MR) is 146 cm³/mol. The van der Waals surface area contributed by atoms with Crippen molar-refractivity contribution in [2.45, 2.75) is 39.7 Å². The van der Waals surface area contributed by atoms with Crippen molar-refractivity contribution >= 4 is 29.2 Å². The number of imidazole rings is 1. The van der Waals surface area contributed by atoms with Crippen LogP contribution < -0.4 is 16.2 Å². The summed E-state index contributed by atoms with van der Waals surface area (Å²) in [5.74, 6) is 0.204. The Balaban J connectivity index is 1.67. The van der Waals surface area contributed by atoms with Gasteiger partial charge in [0.1, 0.15) is 0 Å². The lowest BCUT2D eigenvalue weighted by atomic mass is 10.1. The van der Waals surface area contributed by atoms with Crippen LogP contribution in [0.3, 0.4) is 0 Å². The zero-order valence-corrected chi connectivity index (χ0v) is 21.7. The third-order valence-electron chi connectivity index (χ3n) is 6.07. The summed E-state index contributed by atoms with van der Waals surface area (Å²) in [4.78, 5) is 41.4. The summed E-state index contributed by atoms with van der Waals surface area (Å²) in [6, 6.07) is 16.1. The first-order valence-corrected chi connectivity index (χ1v) is 12.8. The number of hydrogen-bond donors (Lipinski definition) is 2. The quantitative estimate of drug-likeness (QED) is 0.301. The molecule has 8 nitrogen and oxygen atoms in total. The van der Waals surface area contributed by atoms with Crippen LogP contribution in [0.25, 0.3) is 28.3 Å². The molecular formula is C28H30ClN5O3. The molecule has 0 aliphatic rings. The number of nitrogens with zero attached hydrogens (tertiary/aromatic N) is 3. The van der Waals surface area contributed by atoms with Gasteiger partial charge in [0.2, 0.25) is 11.7 Å². The van der Waals surface area contributed by atoms with Gasteiger partial charge in [-0.2, -0.15) is 0 Å². The van der Waals surface area contributed by atoms with E-state index < -0.39 is 0 Å². The molecule has 37 heavy (non-hydrogen) atoms. The van der Waals surface area contributed by atoms with Gasteiger partial charge in [0.05, 0.1) is 11.4 Å². The first kappa shape index (κ1) is 26.2. The van der Waals surface area contributed by atoms with E-state index in [1.165, 1.54) is 6.92 Å². The minimum Gasteiger partial charge on any atom is -0.355 e. The minimum atomic E-state index is -0.228. The van der Waals surface area contributed by atoms with Gasteiger partial charge in [0.25, 0.3) is 11.5 Å². The Morgan fingerprint density at radius 1 is 0.946 bits per heavy atom. The smallest absolute Gasteiger partial charge is 0.259 e. The monoisotopic (exact) mass is 519 g/mol. The summed E-state index contributed by atoms with van der Waals surface area (Å²) in [6.45, 7) is 4.99. The summed E-state index contributed by atoms with van der Waals surface area (Å²) in [5.41, 5.74) is 3.47. The highest BCUT2D eigenvalue weighted by molar-refractivity contribution is 6.30. The number of carbonyl (C=O) groups excluding carboxylic acids is 2. The largest absolute Gasteiger partial charge is 0.355 e.